The highest BCUT2D eigenvalue weighted by Gasteiger charge is 2.51. The second kappa shape index (κ2) is 46.9. The van der Waals surface area contributed by atoms with Crippen LogP contribution < -0.4 is 5.32 Å². The van der Waals surface area contributed by atoms with E-state index in [1.54, 1.807) is 0 Å². The summed E-state index contributed by atoms with van der Waals surface area (Å²) in [5.74, 6) is -0.199. The number of unbranched alkanes of at least 4 members (excludes halogenated alkanes) is 38. The number of aliphatic hydroxyl groups excluding tert-OH is 8. The van der Waals surface area contributed by atoms with Crippen LogP contribution in [0.2, 0.25) is 0 Å². The van der Waals surface area contributed by atoms with Gasteiger partial charge in [0.05, 0.1) is 32.0 Å². The van der Waals surface area contributed by atoms with E-state index >= 15 is 0 Å². The average Bonchev–Trinajstić information content (AvgIpc) is 3.40. The van der Waals surface area contributed by atoms with E-state index in [-0.39, 0.29) is 12.5 Å². The number of nitrogens with one attached hydrogen (secondary N) is 1. The van der Waals surface area contributed by atoms with Crippen molar-refractivity contribution in [2.24, 2.45) is 0 Å². The minimum Gasteiger partial charge on any atom is -0.394 e. The summed E-state index contributed by atoms with van der Waals surface area (Å²) in [6, 6.07) is -0.823. The first kappa shape index (κ1) is 69.1. The van der Waals surface area contributed by atoms with Gasteiger partial charge in [-0.15, -0.1) is 0 Å². The van der Waals surface area contributed by atoms with Crippen LogP contribution in [0.25, 0.3) is 0 Å². The molecule has 12 atom stereocenters. The van der Waals surface area contributed by atoms with Gasteiger partial charge in [0.1, 0.15) is 48.8 Å². The van der Waals surface area contributed by atoms with E-state index in [4.69, 9.17) is 18.9 Å². The highest BCUT2D eigenvalue weighted by atomic mass is 16.7. The predicted octanol–water partition coefficient (Wildman–Crippen LogP) is 10.9. The second-order valence-electron chi connectivity index (χ2n) is 22.6. The molecule has 74 heavy (non-hydrogen) atoms. The molecule has 0 aromatic carbocycles. The molecule has 2 aliphatic heterocycles. The van der Waals surface area contributed by atoms with E-state index in [1.807, 2.05) is 0 Å². The summed E-state index contributed by atoms with van der Waals surface area (Å²) in [5.41, 5.74) is 0. The van der Waals surface area contributed by atoms with Crippen LogP contribution in [0.3, 0.4) is 0 Å². The maximum atomic E-state index is 13.3. The molecule has 2 fully saturated rings. The second-order valence-corrected chi connectivity index (χ2v) is 22.6. The molecule has 0 aromatic heterocycles. The summed E-state index contributed by atoms with van der Waals surface area (Å²) in [5, 5.41) is 87.4. The molecule has 0 spiro atoms. The van der Waals surface area contributed by atoms with Crippen LogP contribution in [-0.2, 0) is 23.7 Å². The molecule has 1 amide bonds. The lowest BCUT2D eigenvalue weighted by molar-refractivity contribution is -0.359. The Kier molecular flexibility index (Phi) is 43.8. The van der Waals surface area contributed by atoms with Crippen molar-refractivity contribution in [2.75, 3.05) is 19.8 Å². The van der Waals surface area contributed by atoms with Crippen molar-refractivity contribution in [1.29, 1.82) is 0 Å². The van der Waals surface area contributed by atoms with Crippen molar-refractivity contribution in [3.63, 3.8) is 0 Å². The Morgan fingerprint density at radius 2 is 0.770 bits per heavy atom. The number of carbonyl (C=O) groups is 1. The molecular weight excluding hydrogens is 943 g/mol. The quantitative estimate of drug-likeness (QED) is 0.0259. The number of ether oxygens (including phenoxy) is 4. The third kappa shape index (κ3) is 32.2. The molecule has 9 N–H and O–H groups in total. The summed E-state index contributed by atoms with van der Waals surface area (Å²) >= 11 is 0. The van der Waals surface area contributed by atoms with Crippen molar-refractivity contribution < 1.29 is 64.6 Å². The van der Waals surface area contributed by atoms with Gasteiger partial charge in [-0.3, -0.25) is 4.79 Å². The fourth-order valence-corrected chi connectivity index (χ4v) is 10.8. The Morgan fingerprint density at radius 3 is 1.15 bits per heavy atom. The molecule has 0 aliphatic carbocycles. The van der Waals surface area contributed by atoms with Crippen molar-refractivity contribution in [3.05, 3.63) is 0 Å². The topological polar surface area (TPSA) is 228 Å². The first-order valence-electron chi connectivity index (χ1n) is 31.3. The average molecular weight is 1060 g/mol. The molecule has 14 nitrogen and oxygen atoms in total. The van der Waals surface area contributed by atoms with E-state index in [1.165, 1.54) is 205 Å². The lowest BCUT2D eigenvalue weighted by Crippen LogP contribution is -2.65. The van der Waals surface area contributed by atoms with Gasteiger partial charge in [-0.05, 0) is 12.8 Å². The zero-order valence-corrected chi connectivity index (χ0v) is 47.4. The summed E-state index contributed by atoms with van der Waals surface area (Å²) in [7, 11) is 0. The number of hydrogen-bond acceptors (Lipinski definition) is 13. The van der Waals surface area contributed by atoms with E-state index in [0.717, 1.165) is 51.4 Å². The smallest absolute Gasteiger partial charge is 0.220 e. The van der Waals surface area contributed by atoms with Gasteiger partial charge in [-0.1, -0.05) is 264 Å². The minimum atomic E-state index is -1.78. The number of hydrogen-bond donors (Lipinski definition) is 9. The lowest BCUT2D eigenvalue weighted by Gasteiger charge is -2.46. The van der Waals surface area contributed by atoms with E-state index < -0.39 is 86.8 Å². The summed E-state index contributed by atoms with van der Waals surface area (Å²) in [4.78, 5) is 13.3. The van der Waals surface area contributed by atoms with Gasteiger partial charge in [-0.25, -0.2) is 0 Å². The third-order valence-electron chi connectivity index (χ3n) is 15.8. The van der Waals surface area contributed by atoms with Crippen molar-refractivity contribution in [3.8, 4) is 0 Å². The van der Waals surface area contributed by atoms with E-state index in [0.29, 0.717) is 12.8 Å². The SMILES string of the molecule is CCCCCCCCCCCCCCCCCCCCCCCC(=O)NC(COC1OC(CO)C(OC2OC(CO)C(O)C(O)C2O)C(O)C1O)C(O)CCCCCCCCCCCCCCCCCCCCC. The van der Waals surface area contributed by atoms with Gasteiger partial charge in [0, 0.05) is 6.42 Å². The summed E-state index contributed by atoms with van der Waals surface area (Å²) in [6.45, 7) is 2.91. The Morgan fingerprint density at radius 1 is 0.432 bits per heavy atom. The van der Waals surface area contributed by atoms with Gasteiger partial charge in [0.15, 0.2) is 12.6 Å². The molecule has 0 saturated carbocycles. The first-order chi connectivity index (χ1) is 36.1. The number of rotatable bonds is 51. The zero-order valence-electron chi connectivity index (χ0n) is 47.4. The lowest BCUT2D eigenvalue weighted by atomic mass is 9.97. The number of amides is 1. The van der Waals surface area contributed by atoms with Crippen LogP contribution in [0, 0.1) is 0 Å². The normalized spacial score (nSPS) is 25.1. The molecule has 2 saturated heterocycles. The summed E-state index contributed by atoms with van der Waals surface area (Å²) < 4.78 is 22.9. The Labute approximate surface area is 451 Å². The van der Waals surface area contributed by atoms with Gasteiger partial charge in [-0.2, -0.15) is 0 Å². The highest BCUT2D eigenvalue weighted by molar-refractivity contribution is 5.76. The first-order valence-corrected chi connectivity index (χ1v) is 31.3. The monoisotopic (exact) mass is 1060 g/mol. The van der Waals surface area contributed by atoms with Crippen LogP contribution in [0.1, 0.15) is 284 Å². The van der Waals surface area contributed by atoms with Gasteiger partial charge in [0.2, 0.25) is 5.91 Å². The Balaban J connectivity index is 1.73. The van der Waals surface area contributed by atoms with E-state index in [9.17, 15) is 45.6 Å². The standard InChI is InChI=1S/C60H117NO13/c1-3-5-7-9-11-13-15-17-19-21-23-24-26-28-30-32-34-36-38-40-42-44-52(65)61-48(49(64)43-41-39-37-35-33-31-29-27-25-22-20-18-16-14-12-10-8-6-4-2)47-71-59-57(70)55(68)58(51(46-63)73-59)74-60-56(69)54(67)53(66)50(45-62)72-60/h48-51,53-60,62-64,66-70H,3-47H2,1-2H3,(H,61,65). The molecule has 440 valence electrons. The zero-order chi connectivity index (χ0) is 53.9. The van der Waals surface area contributed by atoms with Crippen LogP contribution in [-0.4, -0.2) is 140 Å². The third-order valence-corrected chi connectivity index (χ3v) is 15.8. The molecule has 14 heteroatoms. The van der Waals surface area contributed by atoms with Crippen molar-refractivity contribution >= 4 is 5.91 Å². The molecular formula is C60H117NO13. The minimum absolute atomic E-state index is 0.199. The van der Waals surface area contributed by atoms with Crippen LogP contribution in [0.15, 0.2) is 0 Å². The maximum Gasteiger partial charge on any atom is 0.220 e. The molecule has 2 rings (SSSR count). The van der Waals surface area contributed by atoms with E-state index in [2.05, 4.69) is 19.2 Å². The van der Waals surface area contributed by atoms with Crippen molar-refractivity contribution in [1.82, 2.24) is 5.32 Å². The highest BCUT2D eigenvalue weighted by Crippen LogP contribution is 2.30. The van der Waals surface area contributed by atoms with Crippen LogP contribution >= 0.6 is 0 Å². The van der Waals surface area contributed by atoms with Crippen LogP contribution in [0.5, 0.6) is 0 Å². The number of aliphatic hydroxyl groups is 8. The predicted molar refractivity (Wildman–Crippen MR) is 296 cm³/mol. The Bertz CT molecular complexity index is 1250. The van der Waals surface area contributed by atoms with Crippen LogP contribution in [0.4, 0.5) is 0 Å². The summed E-state index contributed by atoms with van der Waals surface area (Å²) in [6.07, 6.45) is 35.3. The van der Waals surface area contributed by atoms with Gasteiger partial charge >= 0.3 is 0 Å². The van der Waals surface area contributed by atoms with Gasteiger partial charge < -0.3 is 65.1 Å². The van der Waals surface area contributed by atoms with Crippen molar-refractivity contribution in [2.45, 2.75) is 357 Å². The fraction of sp³-hybridized carbons (Fsp3) is 0.983. The molecule has 0 bridgehead atoms. The molecule has 0 aromatic rings. The fourth-order valence-electron chi connectivity index (χ4n) is 10.8. The molecule has 0 radical (unpaired) electrons. The number of carbonyl (C=O) groups excluding carboxylic acids is 1. The molecule has 12 unspecified atom stereocenters. The molecule has 2 aliphatic rings. The largest absolute Gasteiger partial charge is 0.394 e. The Hall–Kier alpha value is -1.01. The van der Waals surface area contributed by atoms with Gasteiger partial charge in [0.25, 0.3) is 0 Å². The molecule has 2 heterocycles. The maximum absolute atomic E-state index is 13.3.